The van der Waals surface area contributed by atoms with Crippen LogP contribution >= 0.6 is 0 Å². The van der Waals surface area contributed by atoms with Gasteiger partial charge in [0.2, 0.25) is 5.91 Å². The van der Waals surface area contributed by atoms with E-state index in [0.29, 0.717) is 26.2 Å². The number of piperazine rings is 1. The third kappa shape index (κ3) is 3.28. The van der Waals surface area contributed by atoms with Gasteiger partial charge in [0.15, 0.2) is 0 Å². The Kier molecular flexibility index (Phi) is 4.42. The summed E-state index contributed by atoms with van der Waals surface area (Å²) >= 11 is 0. The van der Waals surface area contributed by atoms with Crippen molar-refractivity contribution in [1.82, 2.24) is 14.8 Å². The van der Waals surface area contributed by atoms with Crippen molar-refractivity contribution in [1.29, 1.82) is 0 Å². The Morgan fingerprint density at radius 1 is 0.900 bits per heavy atom. The number of hydrogen-bond donors (Lipinski definition) is 1. The summed E-state index contributed by atoms with van der Waals surface area (Å²) in [4.78, 5) is 32.7. The minimum atomic E-state index is -0.137. The molecule has 2 heterocycles. The van der Waals surface area contributed by atoms with Crippen LogP contribution in [0.25, 0.3) is 22.0 Å². The van der Waals surface area contributed by atoms with Gasteiger partial charge in [0.05, 0.1) is 0 Å². The molecule has 0 spiro atoms. The molecule has 0 radical (unpaired) electrons. The molecule has 5 nitrogen and oxygen atoms in total. The van der Waals surface area contributed by atoms with Gasteiger partial charge in [-0.15, -0.1) is 0 Å². The molecule has 1 saturated carbocycles. The quantitative estimate of drug-likeness (QED) is 0.714. The van der Waals surface area contributed by atoms with Crippen molar-refractivity contribution >= 4 is 22.7 Å². The highest BCUT2D eigenvalue weighted by atomic mass is 16.2. The van der Waals surface area contributed by atoms with Gasteiger partial charge >= 0.3 is 0 Å². The predicted octanol–water partition coefficient (Wildman–Crippen LogP) is 4.23. The number of aromatic nitrogens is 1. The van der Waals surface area contributed by atoms with Crippen molar-refractivity contribution in [3.05, 3.63) is 59.8 Å². The van der Waals surface area contributed by atoms with Gasteiger partial charge in [-0.25, -0.2) is 0 Å². The first-order valence-corrected chi connectivity index (χ1v) is 10.7. The van der Waals surface area contributed by atoms with Crippen LogP contribution in [0.2, 0.25) is 0 Å². The second-order valence-electron chi connectivity index (χ2n) is 8.95. The average Bonchev–Trinajstić information content (AvgIpc) is 3.34. The van der Waals surface area contributed by atoms with Gasteiger partial charge in [0.1, 0.15) is 0 Å². The molecule has 1 N–H and O–H groups in total. The van der Waals surface area contributed by atoms with Gasteiger partial charge in [-0.2, -0.15) is 0 Å². The smallest absolute Gasteiger partial charge is 0.254 e. The number of nitrogens with zero attached hydrogens (tertiary/aromatic N) is 2. The molecule has 2 amide bonds. The summed E-state index contributed by atoms with van der Waals surface area (Å²) in [5, 5.41) is 1.19. The molecule has 5 heteroatoms. The van der Waals surface area contributed by atoms with Crippen LogP contribution in [-0.2, 0) is 4.79 Å². The van der Waals surface area contributed by atoms with Crippen molar-refractivity contribution in [3.63, 3.8) is 0 Å². The molecule has 0 unspecified atom stereocenters. The van der Waals surface area contributed by atoms with Crippen LogP contribution in [0.5, 0.6) is 0 Å². The lowest BCUT2D eigenvalue weighted by molar-refractivity contribution is -0.137. The van der Waals surface area contributed by atoms with E-state index in [1.54, 1.807) is 0 Å². The number of H-pyrrole nitrogens is 1. The third-order valence-electron chi connectivity index (χ3n) is 6.72. The molecular weight excluding hydrogens is 374 g/mol. The fraction of sp³-hybridized carbons (Fsp3) is 0.360. The standard InChI is InChI=1S/C25H27N3O2/c1-17-15-19(20-4-3-18-7-10-26-22(18)16-20)5-6-21(17)23(29)27-11-13-28(14-12-27)24(30)25(2)8-9-25/h3-7,10,15-16,26H,8-9,11-14H2,1-2H3. The summed E-state index contributed by atoms with van der Waals surface area (Å²) in [5.74, 6) is 0.317. The number of carbonyl (C=O) groups is 2. The first kappa shape index (κ1) is 18.9. The minimum Gasteiger partial charge on any atom is -0.361 e. The lowest BCUT2D eigenvalue weighted by Crippen LogP contribution is -2.52. The third-order valence-corrected chi connectivity index (χ3v) is 6.72. The highest BCUT2D eigenvalue weighted by Crippen LogP contribution is 2.46. The van der Waals surface area contributed by atoms with Crippen LogP contribution < -0.4 is 0 Å². The van der Waals surface area contributed by atoms with Crippen LogP contribution in [-0.4, -0.2) is 52.8 Å². The molecular formula is C25H27N3O2. The van der Waals surface area contributed by atoms with E-state index in [1.807, 2.05) is 42.0 Å². The van der Waals surface area contributed by atoms with E-state index in [2.05, 4.69) is 35.3 Å². The number of aryl methyl sites for hydroxylation is 1. The van der Waals surface area contributed by atoms with Crippen molar-refractivity contribution < 1.29 is 9.59 Å². The zero-order valence-corrected chi connectivity index (χ0v) is 17.6. The van der Waals surface area contributed by atoms with Crippen LogP contribution in [0.4, 0.5) is 0 Å². The van der Waals surface area contributed by atoms with Crippen LogP contribution in [0.1, 0.15) is 35.7 Å². The van der Waals surface area contributed by atoms with E-state index >= 15 is 0 Å². The fourth-order valence-corrected chi connectivity index (χ4v) is 4.38. The SMILES string of the molecule is Cc1cc(-c2ccc3cc[nH]c3c2)ccc1C(=O)N1CCN(C(=O)C2(C)CC2)CC1. The number of hydrogen-bond acceptors (Lipinski definition) is 2. The van der Waals surface area contributed by atoms with E-state index in [9.17, 15) is 9.59 Å². The van der Waals surface area contributed by atoms with E-state index in [4.69, 9.17) is 0 Å². The molecule has 2 fully saturated rings. The van der Waals surface area contributed by atoms with Crippen LogP contribution in [0, 0.1) is 12.3 Å². The Balaban J connectivity index is 1.30. The molecule has 1 aromatic heterocycles. The molecule has 0 bridgehead atoms. The molecule has 1 saturated heterocycles. The number of benzene rings is 2. The lowest BCUT2D eigenvalue weighted by Gasteiger charge is -2.36. The summed E-state index contributed by atoms with van der Waals surface area (Å²) in [5.41, 5.74) is 4.93. The highest BCUT2D eigenvalue weighted by Gasteiger charge is 2.47. The number of fused-ring (bicyclic) bond motifs is 1. The van der Waals surface area contributed by atoms with Gasteiger partial charge in [-0.05, 0) is 60.0 Å². The van der Waals surface area contributed by atoms with Crippen molar-refractivity contribution in [2.24, 2.45) is 5.41 Å². The van der Waals surface area contributed by atoms with Crippen molar-refractivity contribution in [2.75, 3.05) is 26.2 Å². The van der Waals surface area contributed by atoms with Gasteiger partial charge < -0.3 is 14.8 Å². The Morgan fingerprint density at radius 3 is 2.27 bits per heavy atom. The molecule has 154 valence electrons. The van der Waals surface area contributed by atoms with Crippen molar-refractivity contribution in [2.45, 2.75) is 26.7 Å². The first-order chi connectivity index (χ1) is 14.4. The van der Waals surface area contributed by atoms with Gasteiger partial charge in [-0.1, -0.05) is 31.2 Å². The largest absolute Gasteiger partial charge is 0.361 e. The summed E-state index contributed by atoms with van der Waals surface area (Å²) in [6, 6.07) is 14.5. The number of nitrogens with one attached hydrogen (secondary N) is 1. The van der Waals surface area contributed by atoms with Crippen molar-refractivity contribution in [3.8, 4) is 11.1 Å². The maximum atomic E-state index is 13.1. The first-order valence-electron chi connectivity index (χ1n) is 10.7. The second-order valence-corrected chi connectivity index (χ2v) is 8.95. The summed E-state index contributed by atoms with van der Waals surface area (Å²) in [6.45, 7) is 6.51. The lowest BCUT2D eigenvalue weighted by atomic mass is 9.98. The number of aromatic amines is 1. The Morgan fingerprint density at radius 2 is 1.57 bits per heavy atom. The minimum absolute atomic E-state index is 0.0589. The Bertz CT molecular complexity index is 1130. The Hall–Kier alpha value is -3.08. The van der Waals surface area contributed by atoms with Gasteiger partial charge in [-0.3, -0.25) is 9.59 Å². The topological polar surface area (TPSA) is 56.4 Å². The highest BCUT2D eigenvalue weighted by molar-refractivity contribution is 5.97. The normalized spacial score (nSPS) is 17.9. The molecule has 5 rings (SSSR count). The van der Waals surface area contributed by atoms with E-state index in [-0.39, 0.29) is 17.2 Å². The summed E-state index contributed by atoms with van der Waals surface area (Å²) < 4.78 is 0. The monoisotopic (exact) mass is 401 g/mol. The number of amides is 2. The molecule has 3 aromatic rings. The predicted molar refractivity (Wildman–Crippen MR) is 118 cm³/mol. The molecule has 2 aliphatic rings. The van der Waals surface area contributed by atoms with Crippen LogP contribution in [0.3, 0.4) is 0 Å². The summed E-state index contributed by atoms with van der Waals surface area (Å²) in [7, 11) is 0. The average molecular weight is 402 g/mol. The van der Waals surface area contributed by atoms with E-state index in [0.717, 1.165) is 40.6 Å². The zero-order valence-electron chi connectivity index (χ0n) is 17.6. The van der Waals surface area contributed by atoms with E-state index < -0.39 is 0 Å². The molecule has 1 aliphatic heterocycles. The maximum absolute atomic E-state index is 13.1. The zero-order chi connectivity index (χ0) is 20.9. The van der Waals surface area contributed by atoms with Gasteiger partial charge in [0, 0.05) is 48.9 Å². The Labute approximate surface area is 176 Å². The van der Waals surface area contributed by atoms with Gasteiger partial charge in [0.25, 0.3) is 5.91 Å². The second kappa shape index (κ2) is 7.01. The number of carbonyl (C=O) groups excluding carboxylic acids is 2. The maximum Gasteiger partial charge on any atom is 0.254 e. The van der Waals surface area contributed by atoms with Crippen LogP contribution in [0.15, 0.2) is 48.7 Å². The molecule has 0 atom stereocenters. The molecule has 1 aliphatic carbocycles. The molecule has 30 heavy (non-hydrogen) atoms. The molecule has 2 aromatic carbocycles. The van der Waals surface area contributed by atoms with E-state index in [1.165, 1.54) is 5.39 Å². The fourth-order valence-electron chi connectivity index (χ4n) is 4.38. The number of rotatable bonds is 3. The summed E-state index contributed by atoms with van der Waals surface area (Å²) in [6.07, 6.45) is 3.93.